The lowest BCUT2D eigenvalue weighted by atomic mass is 10.7. The van der Waals surface area contributed by atoms with Gasteiger partial charge < -0.3 is 5.32 Å². The third-order valence-corrected chi connectivity index (χ3v) is 1.29. The van der Waals surface area contributed by atoms with Gasteiger partial charge in [-0.25, -0.2) is 5.06 Å². The van der Waals surface area contributed by atoms with E-state index in [4.69, 9.17) is 17.1 Å². The Labute approximate surface area is 60.9 Å². The molecular formula is C5H12N2OS. The van der Waals surface area contributed by atoms with E-state index in [0.29, 0.717) is 5.11 Å². The van der Waals surface area contributed by atoms with Gasteiger partial charge in [0.2, 0.25) is 0 Å². The number of hydroxylamine groups is 2. The summed E-state index contributed by atoms with van der Waals surface area (Å²) in [5, 5.41) is 5.04. The topological polar surface area (TPSA) is 24.5 Å². The van der Waals surface area contributed by atoms with Gasteiger partial charge in [0.25, 0.3) is 0 Å². The fourth-order valence-electron chi connectivity index (χ4n) is 0.345. The maximum Gasteiger partial charge on any atom is 0.192 e. The minimum Gasteiger partial charge on any atom is -0.361 e. The Bertz CT molecular complexity index is 97.0. The van der Waals surface area contributed by atoms with E-state index in [1.165, 1.54) is 5.06 Å². The van der Waals surface area contributed by atoms with Gasteiger partial charge in [-0.1, -0.05) is 0 Å². The molecule has 0 amide bonds. The average Bonchev–Trinajstić information content (AvgIpc) is 1.87. The van der Waals surface area contributed by atoms with Gasteiger partial charge >= 0.3 is 0 Å². The van der Waals surface area contributed by atoms with Crippen LogP contribution in [0.3, 0.4) is 0 Å². The molecule has 3 nitrogen and oxygen atoms in total. The zero-order valence-corrected chi connectivity index (χ0v) is 6.79. The molecule has 0 bridgehead atoms. The summed E-state index contributed by atoms with van der Waals surface area (Å²) in [5.74, 6) is 0. The van der Waals surface area contributed by atoms with E-state index < -0.39 is 0 Å². The SMILES string of the molecule is CCNC(=S)N(C)OC. The second kappa shape index (κ2) is 4.52. The molecule has 0 fully saturated rings. The maximum absolute atomic E-state index is 4.86. The van der Waals surface area contributed by atoms with Crippen molar-refractivity contribution in [2.45, 2.75) is 6.92 Å². The van der Waals surface area contributed by atoms with Gasteiger partial charge in [-0.3, -0.25) is 4.84 Å². The standard InChI is InChI=1S/C5H12N2OS/c1-4-6-5(9)7(2)8-3/h4H2,1-3H3,(H,6,9). The van der Waals surface area contributed by atoms with Crippen LogP contribution in [0.15, 0.2) is 0 Å². The van der Waals surface area contributed by atoms with Crippen LogP contribution in [0.1, 0.15) is 6.92 Å². The van der Waals surface area contributed by atoms with Crippen molar-refractivity contribution in [3.05, 3.63) is 0 Å². The number of hydrogen-bond acceptors (Lipinski definition) is 2. The van der Waals surface area contributed by atoms with E-state index in [1.54, 1.807) is 14.2 Å². The molecular weight excluding hydrogens is 136 g/mol. The minimum atomic E-state index is 0.611. The summed E-state index contributed by atoms with van der Waals surface area (Å²) in [6.45, 7) is 2.81. The van der Waals surface area contributed by atoms with Crippen molar-refractivity contribution in [2.24, 2.45) is 0 Å². The fourth-order valence-corrected chi connectivity index (χ4v) is 0.564. The summed E-state index contributed by atoms with van der Waals surface area (Å²) in [6.07, 6.45) is 0. The van der Waals surface area contributed by atoms with E-state index in [0.717, 1.165) is 6.54 Å². The van der Waals surface area contributed by atoms with E-state index in [9.17, 15) is 0 Å². The highest BCUT2D eigenvalue weighted by molar-refractivity contribution is 7.80. The zero-order chi connectivity index (χ0) is 7.28. The lowest BCUT2D eigenvalue weighted by molar-refractivity contribution is -0.0422. The molecule has 0 unspecified atom stereocenters. The average molecular weight is 148 g/mol. The lowest BCUT2D eigenvalue weighted by Gasteiger charge is -2.16. The van der Waals surface area contributed by atoms with Crippen LogP contribution in [-0.2, 0) is 4.84 Å². The zero-order valence-electron chi connectivity index (χ0n) is 5.97. The molecule has 0 aromatic carbocycles. The summed E-state index contributed by atoms with van der Waals surface area (Å²) >= 11 is 4.86. The number of hydrogen-bond donors (Lipinski definition) is 1. The number of thiocarbonyl (C=S) groups is 1. The third-order valence-electron chi connectivity index (χ3n) is 0.888. The monoisotopic (exact) mass is 148 g/mol. The van der Waals surface area contributed by atoms with Gasteiger partial charge in [0.05, 0.1) is 7.11 Å². The molecule has 9 heavy (non-hydrogen) atoms. The van der Waals surface area contributed by atoms with Gasteiger partial charge in [-0.2, -0.15) is 0 Å². The Morgan fingerprint density at radius 1 is 1.78 bits per heavy atom. The largest absolute Gasteiger partial charge is 0.361 e. The van der Waals surface area contributed by atoms with Gasteiger partial charge in [0.1, 0.15) is 0 Å². The first-order chi connectivity index (χ1) is 4.22. The van der Waals surface area contributed by atoms with E-state index >= 15 is 0 Å². The number of nitrogens with one attached hydrogen (secondary N) is 1. The second-order valence-corrected chi connectivity index (χ2v) is 1.90. The number of rotatable bonds is 2. The van der Waals surface area contributed by atoms with Crippen molar-refractivity contribution < 1.29 is 4.84 Å². The predicted molar refractivity (Wildman–Crippen MR) is 41.0 cm³/mol. The summed E-state index contributed by atoms with van der Waals surface area (Å²) in [6, 6.07) is 0. The Balaban J connectivity index is 3.46. The molecule has 0 aromatic heterocycles. The molecule has 0 aromatic rings. The van der Waals surface area contributed by atoms with Crippen molar-refractivity contribution in [3.63, 3.8) is 0 Å². The molecule has 0 saturated heterocycles. The van der Waals surface area contributed by atoms with Gasteiger partial charge in [-0.15, -0.1) is 0 Å². The molecule has 1 N–H and O–H groups in total. The van der Waals surface area contributed by atoms with Crippen LogP contribution in [-0.4, -0.2) is 30.9 Å². The first kappa shape index (κ1) is 8.65. The highest BCUT2D eigenvalue weighted by Crippen LogP contribution is 1.81. The van der Waals surface area contributed by atoms with Crippen LogP contribution in [0.25, 0.3) is 0 Å². The molecule has 0 saturated carbocycles. The first-order valence-electron chi connectivity index (χ1n) is 2.78. The molecule has 0 radical (unpaired) electrons. The highest BCUT2D eigenvalue weighted by Gasteiger charge is 1.97. The van der Waals surface area contributed by atoms with E-state index in [2.05, 4.69) is 5.32 Å². The Kier molecular flexibility index (Phi) is 4.35. The number of nitrogens with zero attached hydrogens (tertiary/aromatic N) is 1. The Hall–Kier alpha value is -0.350. The summed E-state index contributed by atoms with van der Waals surface area (Å²) in [7, 11) is 3.33. The molecule has 0 rings (SSSR count). The van der Waals surface area contributed by atoms with Crippen LogP contribution in [0.2, 0.25) is 0 Å². The van der Waals surface area contributed by atoms with Crippen molar-refractivity contribution in [2.75, 3.05) is 20.7 Å². The van der Waals surface area contributed by atoms with E-state index in [1.807, 2.05) is 6.92 Å². The van der Waals surface area contributed by atoms with Gasteiger partial charge in [0.15, 0.2) is 5.11 Å². The van der Waals surface area contributed by atoms with Gasteiger partial charge in [-0.05, 0) is 19.1 Å². The highest BCUT2D eigenvalue weighted by atomic mass is 32.1. The van der Waals surface area contributed by atoms with Crippen LogP contribution in [0.5, 0.6) is 0 Å². The quantitative estimate of drug-likeness (QED) is 0.452. The molecule has 54 valence electrons. The molecule has 0 atom stereocenters. The normalized spacial score (nSPS) is 8.78. The fraction of sp³-hybridized carbons (Fsp3) is 0.800. The first-order valence-corrected chi connectivity index (χ1v) is 3.18. The summed E-state index contributed by atoms with van der Waals surface area (Å²) in [4.78, 5) is 4.79. The van der Waals surface area contributed by atoms with E-state index in [-0.39, 0.29) is 0 Å². The van der Waals surface area contributed by atoms with Gasteiger partial charge in [0, 0.05) is 13.6 Å². The molecule has 0 aliphatic rings. The van der Waals surface area contributed by atoms with Crippen molar-refractivity contribution in [3.8, 4) is 0 Å². The van der Waals surface area contributed by atoms with Crippen LogP contribution in [0, 0.1) is 0 Å². The predicted octanol–water partition coefficient (Wildman–Crippen LogP) is 0.374. The molecule has 0 heterocycles. The van der Waals surface area contributed by atoms with Crippen molar-refractivity contribution in [1.29, 1.82) is 0 Å². The third kappa shape index (κ3) is 3.26. The van der Waals surface area contributed by atoms with Crippen LogP contribution in [0.4, 0.5) is 0 Å². The van der Waals surface area contributed by atoms with Crippen LogP contribution < -0.4 is 5.32 Å². The Morgan fingerprint density at radius 2 is 2.33 bits per heavy atom. The molecule has 0 aliphatic carbocycles. The van der Waals surface area contributed by atoms with Crippen molar-refractivity contribution in [1.82, 2.24) is 10.4 Å². The maximum atomic E-state index is 4.86. The second-order valence-electron chi connectivity index (χ2n) is 1.52. The summed E-state index contributed by atoms with van der Waals surface area (Å²) in [5.41, 5.74) is 0. The van der Waals surface area contributed by atoms with Crippen LogP contribution >= 0.6 is 12.2 Å². The lowest BCUT2D eigenvalue weighted by Crippen LogP contribution is -2.35. The molecule has 4 heteroatoms. The van der Waals surface area contributed by atoms with Crippen molar-refractivity contribution >= 4 is 17.3 Å². The Morgan fingerprint density at radius 3 is 2.67 bits per heavy atom. The molecule has 0 aliphatic heterocycles. The minimum absolute atomic E-state index is 0.611. The summed E-state index contributed by atoms with van der Waals surface area (Å²) < 4.78 is 0. The smallest absolute Gasteiger partial charge is 0.192 e. The molecule has 0 spiro atoms.